The fourth-order valence-electron chi connectivity index (χ4n) is 3.55. The molecule has 0 bridgehead atoms. The predicted octanol–water partition coefficient (Wildman–Crippen LogP) is 4.97. The molecule has 4 aromatic rings. The fraction of sp³-hybridized carbons (Fsp3) is 0.167. The van der Waals surface area contributed by atoms with E-state index >= 15 is 0 Å². The number of carbonyl (C=O) groups excluding carboxylic acids is 1. The van der Waals surface area contributed by atoms with Gasteiger partial charge in [0.1, 0.15) is 5.82 Å². The number of carbonyl (C=O) groups is 1. The zero-order valence-electron chi connectivity index (χ0n) is 16.6. The van der Waals surface area contributed by atoms with E-state index in [1.54, 1.807) is 12.1 Å². The molecule has 0 aliphatic heterocycles. The summed E-state index contributed by atoms with van der Waals surface area (Å²) in [7, 11) is 0. The number of nitrogens with zero attached hydrogens (tertiary/aromatic N) is 1. The third-order valence-electron chi connectivity index (χ3n) is 5.20. The maximum atomic E-state index is 12.6. The first-order valence-corrected chi connectivity index (χ1v) is 10.3. The van der Waals surface area contributed by atoms with Gasteiger partial charge in [-0.05, 0) is 36.2 Å². The summed E-state index contributed by atoms with van der Waals surface area (Å²) in [5.74, 6) is 0.441. The molecule has 0 unspecified atom stereocenters. The van der Waals surface area contributed by atoms with Crippen molar-refractivity contribution in [3.63, 3.8) is 0 Å². The van der Waals surface area contributed by atoms with Gasteiger partial charge >= 0.3 is 0 Å². The number of aromatic amines is 1. The number of nitrogens with one attached hydrogen (secondary N) is 3. The molecule has 2 heterocycles. The molecule has 1 amide bonds. The van der Waals surface area contributed by atoms with Crippen LogP contribution in [0.4, 0.5) is 5.82 Å². The van der Waals surface area contributed by atoms with Gasteiger partial charge in [-0.3, -0.25) is 4.79 Å². The Kier molecular flexibility index (Phi) is 6.12. The van der Waals surface area contributed by atoms with E-state index in [0.717, 1.165) is 5.52 Å². The molecule has 0 saturated carbocycles. The summed E-state index contributed by atoms with van der Waals surface area (Å²) < 4.78 is 0. The Morgan fingerprint density at radius 2 is 1.83 bits per heavy atom. The van der Waals surface area contributed by atoms with E-state index in [2.05, 4.69) is 51.1 Å². The van der Waals surface area contributed by atoms with Gasteiger partial charge in [-0.25, -0.2) is 4.98 Å². The molecule has 2 atom stereocenters. The van der Waals surface area contributed by atoms with Gasteiger partial charge in [-0.2, -0.15) is 0 Å². The van der Waals surface area contributed by atoms with E-state index in [0.29, 0.717) is 17.4 Å². The maximum absolute atomic E-state index is 12.6. The Bertz CT molecular complexity index is 1120. The zero-order valence-corrected chi connectivity index (χ0v) is 17.4. The summed E-state index contributed by atoms with van der Waals surface area (Å²) in [6, 6.07) is 21.6. The Morgan fingerprint density at radius 1 is 1.07 bits per heavy atom. The van der Waals surface area contributed by atoms with Gasteiger partial charge in [0.25, 0.3) is 0 Å². The van der Waals surface area contributed by atoms with Crippen molar-refractivity contribution in [1.29, 1.82) is 0 Å². The number of halogens is 1. The van der Waals surface area contributed by atoms with Gasteiger partial charge in [0.05, 0.1) is 11.1 Å². The second-order valence-electron chi connectivity index (χ2n) is 7.23. The first-order chi connectivity index (χ1) is 14.6. The van der Waals surface area contributed by atoms with Gasteiger partial charge in [0, 0.05) is 35.8 Å². The van der Waals surface area contributed by atoms with Crippen molar-refractivity contribution in [2.24, 2.45) is 0 Å². The number of pyridine rings is 1. The molecule has 0 spiro atoms. The SMILES string of the molecule is C[C@H](NC[C@@H](c1ccccc1)c1c[nH]c2ccccc12)C(=O)Nc1ccc(Cl)cn1. The summed E-state index contributed by atoms with van der Waals surface area (Å²) in [5, 5.41) is 7.93. The smallest absolute Gasteiger partial charge is 0.242 e. The lowest BCUT2D eigenvalue weighted by Crippen LogP contribution is -2.40. The molecule has 0 radical (unpaired) electrons. The van der Waals surface area contributed by atoms with Gasteiger partial charge < -0.3 is 15.6 Å². The van der Waals surface area contributed by atoms with Crippen molar-refractivity contribution in [2.75, 3.05) is 11.9 Å². The van der Waals surface area contributed by atoms with E-state index < -0.39 is 0 Å². The zero-order chi connectivity index (χ0) is 20.9. The fourth-order valence-corrected chi connectivity index (χ4v) is 3.66. The van der Waals surface area contributed by atoms with Crippen molar-refractivity contribution < 1.29 is 4.79 Å². The minimum atomic E-state index is -0.390. The largest absolute Gasteiger partial charge is 0.361 e. The van der Waals surface area contributed by atoms with Crippen LogP contribution in [0.2, 0.25) is 5.02 Å². The lowest BCUT2D eigenvalue weighted by Gasteiger charge is -2.21. The summed E-state index contributed by atoms with van der Waals surface area (Å²) in [4.78, 5) is 20.1. The van der Waals surface area contributed by atoms with E-state index in [1.807, 2.05) is 37.3 Å². The molecule has 0 saturated heterocycles. The molecule has 0 aliphatic carbocycles. The van der Waals surface area contributed by atoms with Crippen molar-refractivity contribution in [2.45, 2.75) is 18.9 Å². The number of fused-ring (bicyclic) bond motifs is 1. The number of aromatic nitrogens is 2. The molecule has 0 fully saturated rings. The normalized spacial score (nSPS) is 13.1. The van der Waals surface area contributed by atoms with Crippen LogP contribution >= 0.6 is 11.6 Å². The number of amides is 1. The Morgan fingerprint density at radius 3 is 2.60 bits per heavy atom. The minimum absolute atomic E-state index is 0.103. The molecular weight excluding hydrogens is 396 g/mol. The number of hydrogen-bond donors (Lipinski definition) is 3. The van der Waals surface area contributed by atoms with E-state index in [4.69, 9.17) is 11.6 Å². The second-order valence-corrected chi connectivity index (χ2v) is 7.67. The van der Waals surface area contributed by atoms with Crippen LogP contribution in [0, 0.1) is 0 Å². The molecular formula is C24H23ClN4O. The predicted molar refractivity (Wildman–Crippen MR) is 122 cm³/mol. The third-order valence-corrected chi connectivity index (χ3v) is 5.42. The van der Waals surface area contributed by atoms with Crippen molar-refractivity contribution in [3.05, 3.63) is 95.3 Å². The number of rotatable bonds is 7. The van der Waals surface area contributed by atoms with Crippen LogP contribution in [0.15, 0.2) is 79.1 Å². The maximum Gasteiger partial charge on any atom is 0.242 e. The molecule has 6 heteroatoms. The van der Waals surface area contributed by atoms with Crippen molar-refractivity contribution in [1.82, 2.24) is 15.3 Å². The van der Waals surface area contributed by atoms with Crippen LogP contribution < -0.4 is 10.6 Å². The molecule has 4 rings (SSSR count). The molecule has 152 valence electrons. The Balaban J connectivity index is 1.51. The highest BCUT2D eigenvalue weighted by molar-refractivity contribution is 6.30. The highest BCUT2D eigenvalue weighted by Gasteiger charge is 2.21. The van der Waals surface area contributed by atoms with Crippen LogP contribution in [-0.4, -0.2) is 28.5 Å². The van der Waals surface area contributed by atoms with E-state index in [-0.39, 0.29) is 17.9 Å². The lowest BCUT2D eigenvalue weighted by molar-refractivity contribution is -0.117. The Labute approximate surface area is 180 Å². The molecule has 2 aromatic carbocycles. The van der Waals surface area contributed by atoms with Crippen molar-refractivity contribution in [3.8, 4) is 0 Å². The van der Waals surface area contributed by atoms with Crippen LogP contribution in [0.3, 0.4) is 0 Å². The van der Waals surface area contributed by atoms with Crippen LogP contribution in [0.25, 0.3) is 10.9 Å². The second kappa shape index (κ2) is 9.11. The summed E-state index contributed by atoms with van der Waals surface area (Å²) in [5.41, 5.74) is 3.51. The minimum Gasteiger partial charge on any atom is -0.361 e. The van der Waals surface area contributed by atoms with Gasteiger partial charge in [-0.15, -0.1) is 0 Å². The summed E-state index contributed by atoms with van der Waals surface area (Å²) in [6.07, 6.45) is 3.57. The van der Waals surface area contributed by atoms with Crippen LogP contribution in [0.1, 0.15) is 24.0 Å². The first-order valence-electron chi connectivity index (χ1n) is 9.88. The number of H-pyrrole nitrogens is 1. The standard InChI is InChI=1S/C24H23ClN4O/c1-16(24(30)29-23-12-11-18(25)13-28-23)26-14-20(17-7-3-2-4-8-17)21-15-27-22-10-6-5-9-19(21)22/h2-13,15-16,20,26-27H,14H2,1H3,(H,28,29,30)/t16-,20-/m0/s1. The summed E-state index contributed by atoms with van der Waals surface area (Å²) in [6.45, 7) is 2.47. The average Bonchev–Trinajstić information content (AvgIpc) is 3.20. The molecule has 0 aliphatic rings. The van der Waals surface area contributed by atoms with Crippen molar-refractivity contribution >= 4 is 34.2 Å². The number of benzene rings is 2. The monoisotopic (exact) mass is 418 g/mol. The topological polar surface area (TPSA) is 69.8 Å². The molecule has 3 N–H and O–H groups in total. The summed E-state index contributed by atoms with van der Waals surface area (Å²) >= 11 is 5.85. The molecule has 2 aromatic heterocycles. The number of anilines is 1. The van der Waals surface area contributed by atoms with Gasteiger partial charge in [0.2, 0.25) is 5.91 Å². The average molecular weight is 419 g/mol. The number of hydrogen-bond acceptors (Lipinski definition) is 3. The first kappa shape index (κ1) is 20.1. The van der Waals surface area contributed by atoms with Crippen LogP contribution in [0.5, 0.6) is 0 Å². The van der Waals surface area contributed by atoms with Gasteiger partial charge in [-0.1, -0.05) is 60.1 Å². The third kappa shape index (κ3) is 4.53. The quantitative estimate of drug-likeness (QED) is 0.397. The molecule has 5 nitrogen and oxygen atoms in total. The Hall–Kier alpha value is -3.15. The highest BCUT2D eigenvalue weighted by Crippen LogP contribution is 2.30. The lowest BCUT2D eigenvalue weighted by atomic mass is 9.90. The highest BCUT2D eigenvalue weighted by atomic mass is 35.5. The van der Waals surface area contributed by atoms with Crippen LogP contribution in [-0.2, 0) is 4.79 Å². The molecule has 30 heavy (non-hydrogen) atoms. The number of para-hydroxylation sites is 1. The van der Waals surface area contributed by atoms with Gasteiger partial charge in [0.15, 0.2) is 0 Å². The van der Waals surface area contributed by atoms with E-state index in [1.165, 1.54) is 22.7 Å². The van der Waals surface area contributed by atoms with E-state index in [9.17, 15) is 4.79 Å².